The monoisotopic (exact) mass is 337 g/mol. The molecule has 0 saturated carbocycles. The summed E-state index contributed by atoms with van der Waals surface area (Å²) < 4.78 is 14.3. The Morgan fingerprint density at radius 3 is 2.25 bits per heavy atom. The Bertz CT molecular complexity index is 603. The summed E-state index contributed by atoms with van der Waals surface area (Å²) in [6.07, 6.45) is 0.617. The van der Waals surface area contributed by atoms with Gasteiger partial charge in [0.2, 0.25) is 11.9 Å². The zero-order chi connectivity index (χ0) is 17.9. The average molecular weight is 337 g/mol. The maximum atomic E-state index is 14.3. The first-order valence-corrected chi connectivity index (χ1v) is 8.64. The van der Waals surface area contributed by atoms with Gasteiger partial charge in [-0.1, -0.05) is 13.8 Å². The molecule has 0 aliphatic heterocycles. The number of nitrogens with one attached hydrogen (secondary N) is 2. The van der Waals surface area contributed by atoms with E-state index in [-0.39, 0.29) is 12.1 Å². The van der Waals surface area contributed by atoms with Gasteiger partial charge in [0.1, 0.15) is 11.9 Å². The summed E-state index contributed by atoms with van der Waals surface area (Å²) in [5.41, 5.74) is 0.378. The molecule has 3 N–H and O–H groups in total. The van der Waals surface area contributed by atoms with Gasteiger partial charge in [0.25, 0.3) is 0 Å². The minimum Gasteiger partial charge on any atom is -0.386 e. The molecule has 6 nitrogen and oxygen atoms in total. The first kappa shape index (κ1) is 18.6. The summed E-state index contributed by atoms with van der Waals surface area (Å²) in [4.78, 5) is 13.1. The summed E-state index contributed by atoms with van der Waals surface area (Å²) in [7, 11) is 0. The molecule has 1 aromatic heterocycles. The normalized spacial score (nSPS) is 19.8. The first-order chi connectivity index (χ1) is 11.3. The van der Waals surface area contributed by atoms with E-state index in [4.69, 9.17) is 0 Å². The molecule has 7 heteroatoms. The van der Waals surface area contributed by atoms with E-state index in [1.807, 2.05) is 20.8 Å². The number of aliphatic hydroxyl groups is 1. The van der Waals surface area contributed by atoms with E-state index in [1.165, 1.54) is 0 Å². The van der Waals surface area contributed by atoms with Crippen LogP contribution >= 0.6 is 0 Å². The van der Waals surface area contributed by atoms with Crippen molar-refractivity contribution in [3.05, 3.63) is 11.7 Å². The number of anilines is 2. The van der Waals surface area contributed by atoms with Gasteiger partial charge in [-0.3, -0.25) is 0 Å². The van der Waals surface area contributed by atoms with Crippen LogP contribution in [0.5, 0.6) is 0 Å². The Hall–Kier alpha value is -1.76. The highest BCUT2D eigenvalue weighted by molar-refractivity contribution is 5.65. The van der Waals surface area contributed by atoms with Crippen molar-refractivity contribution in [2.45, 2.75) is 72.1 Å². The zero-order valence-corrected chi connectivity index (χ0v) is 15.1. The van der Waals surface area contributed by atoms with Crippen LogP contribution in [0, 0.1) is 5.92 Å². The van der Waals surface area contributed by atoms with Gasteiger partial charge in [-0.25, -0.2) is 4.39 Å². The molecule has 1 aromatic rings. The molecule has 1 aliphatic rings. The summed E-state index contributed by atoms with van der Waals surface area (Å²) in [6, 6.07) is 0.314. The number of rotatable bonds is 6. The lowest BCUT2D eigenvalue weighted by Gasteiger charge is -2.21. The fraction of sp³-hybridized carbons (Fsp3) is 0.706. The van der Waals surface area contributed by atoms with Crippen LogP contribution in [0.1, 0.15) is 59.7 Å². The van der Waals surface area contributed by atoms with E-state index < -0.39 is 11.9 Å². The van der Waals surface area contributed by atoms with Crippen molar-refractivity contribution < 1.29 is 9.50 Å². The van der Waals surface area contributed by atoms with Gasteiger partial charge in [0, 0.05) is 17.7 Å². The lowest BCUT2D eigenvalue weighted by molar-refractivity contribution is 0.165. The number of halogens is 1. The van der Waals surface area contributed by atoms with Crippen LogP contribution in [0.25, 0.3) is 5.57 Å². The molecule has 0 saturated heterocycles. The molecule has 0 aromatic carbocycles. The maximum absolute atomic E-state index is 14.3. The highest BCUT2D eigenvalue weighted by Gasteiger charge is 2.25. The Balaban J connectivity index is 2.41. The molecule has 1 aliphatic carbocycles. The molecule has 2 atom stereocenters. The van der Waals surface area contributed by atoms with Gasteiger partial charge < -0.3 is 15.7 Å². The molecule has 24 heavy (non-hydrogen) atoms. The molecule has 2 rings (SSSR count). The van der Waals surface area contributed by atoms with Gasteiger partial charge >= 0.3 is 0 Å². The molecule has 1 heterocycles. The highest BCUT2D eigenvalue weighted by atomic mass is 19.1. The summed E-state index contributed by atoms with van der Waals surface area (Å²) in [6.45, 7) is 10.2. The largest absolute Gasteiger partial charge is 0.386 e. The number of hydrogen-bond acceptors (Lipinski definition) is 6. The van der Waals surface area contributed by atoms with Crippen molar-refractivity contribution in [1.29, 1.82) is 0 Å². The average Bonchev–Trinajstić information content (AvgIpc) is 2.48. The minimum atomic E-state index is -1.06. The second kappa shape index (κ2) is 7.88. The Kier molecular flexibility index (Phi) is 6.10. The molecule has 0 radical (unpaired) electrons. The topological polar surface area (TPSA) is 83.0 Å². The molecular formula is C17H28FN5O. The molecule has 134 valence electrons. The number of hydrogen-bond donors (Lipinski definition) is 3. The molecule has 0 spiro atoms. The van der Waals surface area contributed by atoms with Crippen molar-refractivity contribution in [1.82, 2.24) is 15.0 Å². The third-order valence-corrected chi connectivity index (χ3v) is 4.17. The van der Waals surface area contributed by atoms with Crippen LogP contribution in [0.4, 0.5) is 16.3 Å². The highest BCUT2D eigenvalue weighted by Crippen LogP contribution is 2.32. The van der Waals surface area contributed by atoms with Gasteiger partial charge in [-0.2, -0.15) is 15.0 Å². The SMILES string of the molecule is CC(C)Nc1nc(N[C@H](C)C(C)C)nc(C2=C(F)C(O)CCC2)n1. The van der Waals surface area contributed by atoms with Crippen molar-refractivity contribution in [2.24, 2.45) is 5.92 Å². The molecule has 1 unspecified atom stereocenters. The van der Waals surface area contributed by atoms with E-state index in [9.17, 15) is 9.50 Å². The van der Waals surface area contributed by atoms with Gasteiger partial charge in [-0.05, 0) is 46.0 Å². The Morgan fingerprint density at radius 2 is 1.67 bits per heavy atom. The lowest BCUT2D eigenvalue weighted by Crippen LogP contribution is -2.24. The summed E-state index contributed by atoms with van der Waals surface area (Å²) >= 11 is 0. The Labute approximate surface area is 143 Å². The minimum absolute atomic E-state index is 0.145. The lowest BCUT2D eigenvalue weighted by atomic mass is 9.96. The number of allylic oxidation sites excluding steroid dienone is 1. The van der Waals surface area contributed by atoms with Crippen LogP contribution in [-0.2, 0) is 0 Å². The third kappa shape index (κ3) is 4.63. The second-order valence-corrected chi connectivity index (χ2v) is 7.02. The van der Waals surface area contributed by atoms with Crippen molar-refractivity contribution >= 4 is 17.5 Å². The van der Waals surface area contributed by atoms with E-state index >= 15 is 0 Å². The number of aromatic nitrogens is 3. The van der Waals surface area contributed by atoms with Gasteiger partial charge in [0.15, 0.2) is 5.82 Å². The van der Waals surface area contributed by atoms with E-state index in [0.717, 1.165) is 0 Å². The summed E-state index contributed by atoms with van der Waals surface area (Å²) in [5, 5.41) is 16.2. The van der Waals surface area contributed by atoms with Crippen molar-refractivity contribution in [3.8, 4) is 0 Å². The maximum Gasteiger partial charge on any atom is 0.228 e. The standard InChI is InChI=1S/C17H28FN5O/c1-9(2)11(5)20-17-22-15(21-16(23-17)19-10(3)4)12-7-6-8-13(24)14(12)18/h9-11,13,24H,6-8H2,1-5H3,(H2,19,20,21,22,23)/t11-,13?/m1/s1. The van der Waals surface area contributed by atoms with Crippen LogP contribution in [0.2, 0.25) is 0 Å². The number of aliphatic hydroxyl groups excluding tert-OH is 1. The Morgan fingerprint density at radius 1 is 1.04 bits per heavy atom. The summed E-state index contributed by atoms with van der Waals surface area (Å²) in [5.74, 6) is 1.01. The quantitative estimate of drug-likeness (QED) is 0.738. The van der Waals surface area contributed by atoms with E-state index in [2.05, 4.69) is 39.4 Å². The van der Waals surface area contributed by atoms with Crippen molar-refractivity contribution in [3.63, 3.8) is 0 Å². The smallest absolute Gasteiger partial charge is 0.228 e. The van der Waals surface area contributed by atoms with E-state index in [1.54, 1.807) is 0 Å². The predicted octanol–water partition coefficient (Wildman–Crippen LogP) is 3.37. The van der Waals surface area contributed by atoms with Crippen molar-refractivity contribution in [2.75, 3.05) is 10.6 Å². The van der Waals surface area contributed by atoms with Crippen LogP contribution in [0.15, 0.2) is 5.83 Å². The fourth-order valence-electron chi connectivity index (χ4n) is 2.41. The van der Waals surface area contributed by atoms with E-state index in [0.29, 0.717) is 48.5 Å². The van der Waals surface area contributed by atoms with Crippen LogP contribution in [0.3, 0.4) is 0 Å². The first-order valence-electron chi connectivity index (χ1n) is 8.64. The molecular weight excluding hydrogens is 309 g/mol. The molecule has 0 amide bonds. The second-order valence-electron chi connectivity index (χ2n) is 7.02. The molecule has 0 fully saturated rings. The van der Waals surface area contributed by atoms with Gasteiger partial charge in [-0.15, -0.1) is 0 Å². The third-order valence-electron chi connectivity index (χ3n) is 4.17. The predicted molar refractivity (Wildman–Crippen MR) is 94.4 cm³/mol. The number of nitrogens with zero attached hydrogens (tertiary/aromatic N) is 3. The zero-order valence-electron chi connectivity index (χ0n) is 15.1. The van der Waals surface area contributed by atoms with Gasteiger partial charge in [0.05, 0.1) is 0 Å². The van der Waals surface area contributed by atoms with Crippen LogP contribution < -0.4 is 10.6 Å². The fourth-order valence-corrected chi connectivity index (χ4v) is 2.41. The van der Waals surface area contributed by atoms with Crippen LogP contribution in [-0.4, -0.2) is 38.2 Å². The molecule has 0 bridgehead atoms.